The molecule has 1 heterocycles. The van der Waals surface area contributed by atoms with E-state index < -0.39 is 9.84 Å². The lowest BCUT2D eigenvalue weighted by Crippen LogP contribution is -2.37. The Balaban J connectivity index is 2.10. The lowest BCUT2D eigenvalue weighted by Gasteiger charge is -2.36. The third kappa shape index (κ3) is 6.53. The van der Waals surface area contributed by atoms with Crippen molar-refractivity contribution in [1.82, 2.24) is 0 Å². The Hall–Kier alpha value is -2.19. The first kappa shape index (κ1) is 27.4. The molecule has 192 valence electrons. The maximum Gasteiger partial charge on any atom is 0.315 e. The minimum atomic E-state index is -3.57. The van der Waals surface area contributed by atoms with Crippen molar-refractivity contribution in [3.05, 3.63) is 48.0 Å². The van der Waals surface area contributed by atoms with Gasteiger partial charge in [0.05, 0.1) is 35.8 Å². The van der Waals surface area contributed by atoms with Gasteiger partial charge < -0.3 is 14.4 Å². The van der Waals surface area contributed by atoms with Crippen LogP contribution in [0.2, 0.25) is 0 Å². The Labute approximate surface area is 214 Å². The molecular weight excluding hydrogens is 482 g/mol. The zero-order valence-corrected chi connectivity index (χ0v) is 22.8. The van der Waals surface area contributed by atoms with E-state index >= 15 is 0 Å². The van der Waals surface area contributed by atoms with E-state index in [-0.39, 0.29) is 22.9 Å². The van der Waals surface area contributed by atoms with Crippen LogP contribution in [0, 0.1) is 5.41 Å². The summed E-state index contributed by atoms with van der Waals surface area (Å²) >= 11 is 1.39. The molecule has 35 heavy (non-hydrogen) atoms. The first-order chi connectivity index (χ1) is 16.8. The molecule has 2 aromatic carbocycles. The molecule has 0 amide bonds. The Bertz CT molecular complexity index is 1100. The number of carbonyl (C=O) groups is 1. The largest absolute Gasteiger partial charge is 0.496 e. The van der Waals surface area contributed by atoms with Crippen LogP contribution >= 0.6 is 11.8 Å². The van der Waals surface area contributed by atoms with Crippen LogP contribution in [0.1, 0.15) is 52.0 Å². The zero-order chi connectivity index (χ0) is 25.5. The summed E-state index contributed by atoms with van der Waals surface area (Å²) < 4.78 is 38.5. The van der Waals surface area contributed by atoms with Gasteiger partial charge in [0.25, 0.3) is 0 Å². The molecule has 1 unspecified atom stereocenters. The van der Waals surface area contributed by atoms with Crippen LogP contribution in [-0.4, -0.2) is 46.2 Å². The molecule has 2 aromatic rings. The van der Waals surface area contributed by atoms with Gasteiger partial charge in [0.15, 0.2) is 9.84 Å². The van der Waals surface area contributed by atoms with Crippen molar-refractivity contribution in [2.45, 2.75) is 57.1 Å². The first-order valence-electron chi connectivity index (χ1n) is 12.3. The molecule has 0 aromatic heterocycles. The number of rotatable bonds is 11. The van der Waals surface area contributed by atoms with E-state index in [2.05, 4.69) is 18.7 Å². The Morgan fingerprint density at radius 3 is 2.51 bits per heavy atom. The number of sulfone groups is 1. The van der Waals surface area contributed by atoms with Gasteiger partial charge in [0.2, 0.25) is 0 Å². The highest BCUT2D eigenvalue weighted by atomic mass is 32.2. The topological polar surface area (TPSA) is 72.9 Å². The molecule has 1 aliphatic rings. The smallest absolute Gasteiger partial charge is 0.315 e. The number of hydrogen-bond donors (Lipinski definition) is 0. The summed E-state index contributed by atoms with van der Waals surface area (Å²) in [5.41, 5.74) is 2.02. The van der Waals surface area contributed by atoms with E-state index in [1.807, 2.05) is 36.4 Å². The van der Waals surface area contributed by atoms with Crippen LogP contribution in [0.4, 0.5) is 11.4 Å². The van der Waals surface area contributed by atoms with Crippen molar-refractivity contribution < 1.29 is 22.7 Å². The highest BCUT2D eigenvalue weighted by Gasteiger charge is 2.41. The fourth-order valence-electron chi connectivity index (χ4n) is 4.68. The molecule has 0 saturated carbocycles. The quantitative estimate of drug-likeness (QED) is 0.337. The molecule has 0 spiro atoms. The molecule has 0 aliphatic carbocycles. The number of esters is 1. The van der Waals surface area contributed by atoms with Gasteiger partial charge in [-0.15, -0.1) is 11.8 Å². The summed E-state index contributed by atoms with van der Waals surface area (Å²) in [7, 11) is -1.97. The number of methoxy groups -OCH3 is 1. The summed E-state index contributed by atoms with van der Waals surface area (Å²) in [4.78, 5) is 14.3. The second-order valence-corrected chi connectivity index (χ2v) is 12.0. The molecule has 0 bridgehead atoms. The predicted octanol–water partition coefficient (Wildman–Crippen LogP) is 6.00. The van der Waals surface area contributed by atoms with Gasteiger partial charge in [0, 0.05) is 35.0 Å². The number of nitrogens with zero attached hydrogens (tertiary/aromatic N) is 1. The fraction of sp³-hybridized carbons (Fsp3) is 0.519. The predicted molar refractivity (Wildman–Crippen MR) is 144 cm³/mol. The van der Waals surface area contributed by atoms with E-state index in [9.17, 15) is 13.2 Å². The van der Waals surface area contributed by atoms with Crippen LogP contribution < -0.4 is 9.64 Å². The Morgan fingerprint density at radius 1 is 1.14 bits per heavy atom. The number of fused-ring (bicyclic) bond motifs is 1. The van der Waals surface area contributed by atoms with E-state index in [1.54, 1.807) is 20.1 Å². The third-order valence-corrected chi connectivity index (χ3v) is 9.58. The monoisotopic (exact) mass is 519 g/mol. The van der Waals surface area contributed by atoms with Crippen molar-refractivity contribution >= 4 is 38.9 Å². The maximum atomic E-state index is 13.9. The molecule has 6 nitrogen and oxygen atoms in total. The second kappa shape index (κ2) is 12.2. The first-order valence-corrected chi connectivity index (χ1v) is 15.1. The van der Waals surface area contributed by atoms with Crippen LogP contribution in [0.25, 0.3) is 0 Å². The van der Waals surface area contributed by atoms with Gasteiger partial charge in [-0.2, -0.15) is 0 Å². The molecule has 0 radical (unpaired) electrons. The normalized spacial score (nSPS) is 19.0. The maximum absolute atomic E-state index is 13.9. The van der Waals surface area contributed by atoms with Crippen molar-refractivity contribution in [3.8, 4) is 5.75 Å². The van der Waals surface area contributed by atoms with Gasteiger partial charge in [0.1, 0.15) is 5.75 Å². The third-order valence-electron chi connectivity index (χ3n) is 6.64. The lowest BCUT2D eigenvalue weighted by molar-refractivity contribution is -0.139. The van der Waals surface area contributed by atoms with Crippen LogP contribution in [0.5, 0.6) is 5.75 Å². The van der Waals surface area contributed by atoms with E-state index in [0.29, 0.717) is 35.2 Å². The van der Waals surface area contributed by atoms with Gasteiger partial charge in [-0.25, -0.2) is 8.42 Å². The second-order valence-electron chi connectivity index (χ2n) is 9.07. The average molecular weight is 520 g/mol. The van der Waals surface area contributed by atoms with Crippen molar-refractivity contribution in [2.75, 3.05) is 36.7 Å². The van der Waals surface area contributed by atoms with Crippen LogP contribution in [0.15, 0.2) is 47.4 Å². The standard InChI is InChI=1S/C27H37NO5S2/c1-5-8-14-27(6-2)19-28(22-12-10-9-11-13-22)23-16-24(32-4)21(15-25(23)35(30,31)20-27)17-34-18-26(29)33-7-3/h9-13,15-16H,5-8,14,17-20H2,1-4H3. The van der Waals surface area contributed by atoms with Crippen LogP contribution in [-0.2, 0) is 25.1 Å². The van der Waals surface area contributed by atoms with Gasteiger partial charge in [-0.1, -0.05) is 44.9 Å². The lowest BCUT2D eigenvalue weighted by atomic mass is 9.81. The van der Waals surface area contributed by atoms with E-state index in [0.717, 1.165) is 36.9 Å². The molecule has 0 fully saturated rings. The average Bonchev–Trinajstić information content (AvgIpc) is 2.95. The molecule has 8 heteroatoms. The number of benzene rings is 2. The summed E-state index contributed by atoms with van der Waals surface area (Å²) in [5, 5.41) is 0. The van der Waals surface area contributed by atoms with Crippen molar-refractivity contribution in [3.63, 3.8) is 0 Å². The Kier molecular flexibility index (Phi) is 9.53. The molecule has 1 aliphatic heterocycles. The molecule has 3 rings (SSSR count). The molecule has 0 N–H and O–H groups in total. The van der Waals surface area contributed by atoms with Gasteiger partial charge in [-0.05, 0) is 38.0 Å². The summed E-state index contributed by atoms with van der Waals surface area (Å²) in [6.45, 7) is 6.98. The highest BCUT2D eigenvalue weighted by molar-refractivity contribution is 7.99. The number of unbranched alkanes of at least 4 members (excludes halogenated alkanes) is 1. The minimum absolute atomic E-state index is 0.120. The number of ether oxygens (including phenoxy) is 2. The number of anilines is 2. The number of para-hydroxylation sites is 1. The molecular formula is C27H37NO5S2. The van der Waals surface area contributed by atoms with Crippen molar-refractivity contribution in [1.29, 1.82) is 0 Å². The van der Waals surface area contributed by atoms with Gasteiger partial charge in [-0.3, -0.25) is 4.79 Å². The number of hydrogen-bond acceptors (Lipinski definition) is 7. The Morgan fingerprint density at radius 2 is 1.89 bits per heavy atom. The molecule has 1 atom stereocenters. The summed E-state index contributed by atoms with van der Waals surface area (Å²) in [5.74, 6) is 1.11. The fourth-order valence-corrected chi connectivity index (χ4v) is 7.69. The minimum Gasteiger partial charge on any atom is -0.496 e. The SMILES string of the molecule is CCCCC1(CC)CN(c2ccccc2)c2cc(OC)c(CSCC(=O)OCC)cc2S(=O)(=O)C1. The number of carbonyl (C=O) groups excluding carboxylic acids is 1. The summed E-state index contributed by atoms with van der Waals surface area (Å²) in [6, 6.07) is 13.6. The highest BCUT2D eigenvalue weighted by Crippen LogP contribution is 2.46. The summed E-state index contributed by atoms with van der Waals surface area (Å²) in [6.07, 6.45) is 3.65. The number of thioether (sulfide) groups is 1. The van der Waals surface area contributed by atoms with E-state index in [4.69, 9.17) is 9.47 Å². The molecule has 0 saturated heterocycles. The van der Waals surface area contributed by atoms with E-state index in [1.165, 1.54) is 11.8 Å². The van der Waals surface area contributed by atoms with Gasteiger partial charge >= 0.3 is 5.97 Å². The zero-order valence-electron chi connectivity index (χ0n) is 21.2. The van der Waals surface area contributed by atoms with Crippen LogP contribution in [0.3, 0.4) is 0 Å². The van der Waals surface area contributed by atoms with Crippen molar-refractivity contribution in [2.24, 2.45) is 5.41 Å².